The topological polar surface area (TPSA) is 117 Å². The third kappa shape index (κ3) is 6.06. The maximum atomic E-state index is 12.4. The minimum atomic E-state index is -1.15. The lowest BCUT2D eigenvalue weighted by atomic mass is 10.2. The molecule has 0 fully saturated rings. The van der Waals surface area contributed by atoms with Crippen molar-refractivity contribution in [2.75, 3.05) is 19.0 Å². The van der Waals surface area contributed by atoms with Gasteiger partial charge in [-0.3, -0.25) is 14.9 Å². The highest BCUT2D eigenvalue weighted by Crippen LogP contribution is 2.29. The maximum Gasteiger partial charge on any atom is 0.331 e. The normalized spacial score (nSPS) is 11.6. The van der Waals surface area contributed by atoms with Crippen molar-refractivity contribution in [1.82, 2.24) is 0 Å². The van der Waals surface area contributed by atoms with Crippen LogP contribution in [0, 0.1) is 10.1 Å². The van der Waals surface area contributed by atoms with Crippen LogP contribution in [0.1, 0.15) is 19.4 Å². The smallest absolute Gasteiger partial charge is 0.331 e. The van der Waals surface area contributed by atoms with Gasteiger partial charge in [-0.25, -0.2) is 4.79 Å². The van der Waals surface area contributed by atoms with Crippen LogP contribution in [0.15, 0.2) is 48.5 Å². The zero-order chi connectivity index (χ0) is 22.1. The molecule has 2 aromatic carbocycles. The van der Waals surface area contributed by atoms with E-state index in [0.717, 1.165) is 6.07 Å². The van der Waals surface area contributed by atoms with Crippen LogP contribution in [0.2, 0.25) is 0 Å². The summed E-state index contributed by atoms with van der Waals surface area (Å²) in [5, 5.41) is 13.4. The molecule has 0 aromatic heterocycles. The minimum Gasteiger partial charge on any atom is -0.495 e. The highest BCUT2D eigenvalue weighted by Gasteiger charge is 2.20. The van der Waals surface area contributed by atoms with Crippen LogP contribution in [-0.4, -0.2) is 36.6 Å². The van der Waals surface area contributed by atoms with Crippen molar-refractivity contribution >= 4 is 29.3 Å². The van der Waals surface area contributed by atoms with Gasteiger partial charge in [0.2, 0.25) is 0 Å². The van der Waals surface area contributed by atoms with Gasteiger partial charge in [0.25, 0.3) is 11.6 Å². The first kappa shape index (κ1) is 22.4. The number of nitrogens with one attached hydrogen (secondary N) is 1. The molecule has 1 amide bonds. The largest absolute Gasteiger partial charge is 0.495 e. The van der Waals surface area contributed by atoms with Gasteiger partial charge < -0.3 is 19.5 Å². The third-order valence-corrected chi connectivity index (χ3v) is 3.93. The van der Waals surface area contributed by atoms with E-state index in [4.69, 9.17) is 14.2 Å². The zero-order valence-electron chi connectivity index (χ0n) is 16.8. The minimum absolute atomic E-state index is 0.0979. The first-order valence-corrected chi connectivity index (χ1v) is 9.09. The van der Waals surface area contributed by atoms with E-state index in [0.29, 0.717) is 17.9 Å². The van der Waals surface area contributed by atoms with Gasteiger partial charge in [-0.2, -0.15) is 0 Å². The lowest BCUT2D eigenvalue weighted by Crippen LogP contribution is -2.29. The number of hydrogen-bond donors (Lipinski definition) is 1. The molecule has 1 atom stereocenters. The summed E-state index contributed by atoms with van der Waals surface area (Å²) in [6.45, 7) is 3.72. The van der Waals surface area contributed by atoms with Crippen LogP contribution in [0.4, 0.5) is 11.4 Å². The Balaban J connectivity index is 2.03. The highest BCUT2D eigenvalue weighted by atomic mass is 16.6. The summed E-state index contributed by atoms with van der Waals surface area (Å²) >= 11 is 0. The Morgan fingerprint density at radius 3 is 2.60 bits per heavy atom. The Morgan fingerprint density at radius 2 is 1.93 bits per heavy atom. The van der Waals surface area contributed by atoms with Crippen LogP contribution in [0.25, 0.3) is 6.08 Å². The quantitative estimate of drug-likeness (QED) is 0.288. The second-order valence-corrected chi connectivity index (χ2v) is 6.01. The molecule has 0 spiro atoms. The Labute approximate surface area is 173 Å². The predicted octanol–water partition coefficient (Wildman–Crippen LogP) is 3.59. The predicted molar refractivity (Wildman–Crippen MR) is 110 cm³/mol. The molecular formula is C21H22N2O7. The molecule has 30 heavy (non-hydrogen) atoms. The van der Waals surface area contributed by atoms with Crippen LogP contribution < -0.4 is 14.8 Å². The number of anilines is 1. The fourth-order valence-electron chi connectivity index (χ4n) is 2.47. The summed E-state index contributed by atoms with van der Waals surface area (Å²) in [6, 6.07) is 10.9. The molecule has 9 heteroatoms. The van der Waals surface area contributed by atoms with Gasteiger partial charge in [0.05, 0.1) is 24.3 Å². The molecule has 1 N–H and O–H groups in total. The molecule has 0 bridgehead atoms. The highest BCUT2D eigenvalue weighted by molar-refractivity contribution is 5.98. The first-order valence-electron chi connectivity index (χ1n) is 9.09. The maximum absolute atomic E-state index is 12.4. The van der Waals surface area contributed by atoms with E-state index < -0.39 is 22.9 Å². The number of benzene rings is 2. The summed E-state index contributed by atoms with van der Waals surface area (Å²) in [6.07, 6.45) is 1.57. The van der Waals surface area contributed by atoms with Crippen LogP contribution >= 0.6 is 0 Å². The molecule has 0 heterocycles. The number of nitrogens with zero attached hydrogens (tertiary/aromatic N) is 1. The molecule has 2 aromatic rings. The van der Waals surface area contributed by atoms with Crippen molar-refractivity contribution in [2.24, 2.45) is 0 Å². The number of para-hydroxylation sites is 1. The Kier molecular flexibility index (Phi) is 7.92. The first-order chi connectivity index (χ1) is 14.3. The van der Waals surface area contributed by atoms with E-state index in [9.17, 15) is 19.7 Å². The number of methoxy groups -OCH3 is 1. The summed E-state index contributed by atoms with van der Waals surface area (Å²) in [7, 11) is 1.37. The third-order valence-electron chi connectivity index (χ3n) is 3.93. The monoisotopic (exact) mass is 414 g/mol. The zero-order valence-corrected chi connectivity index (χ0v) is 16.8. The van der Waals surface area contributed by atoms with Gasteiger partial charge in [0.15, 0.2) is 6.10 Å². The Hall–Kier alpha value is -3.88. The Bertz CT molecular complexity index is 956. The number of carbonyl (C=O) groups excluding carboxylic acids is 2. The summed E-state index contributed by atoms with van der Waals surface area (Å²) in [5.74, 6) is -0.535. The molecule has 9 nitrogen and oxygen atoms in total. The second kappa shape index (κ2) is 10.6. The van der Waals surface area contributed by atoms with Gasteiger partial charge in [0.1, 0.15) is 11.5 Å². The van der Waals surface area contributed by atoms with Gasteiger partial charge in [-0.05, 0) is 32.1 Å². The van der Waals surface area contributed by atoms with Crippen molar-refractivity contribution < 1.29 is 28.7 Å². The fraction of sp³-hybridized carbons (Fsp3) is 0.238. The van der Waals surface area contributed by atoms with Crippen molar-refractivity contribution in [3.8, 4) is 11.5 Å². The molecule has 0 aliphatic heterocycles. The number of ether oxygens (including phenoxy) is 3. The fourth-order valence-corrected chi connectivity index (χ4v) is 2.47. The molecular weight excluding hydrogens is 392 g/mol. The van der Waals surface area contributed by atoms with Gasteiger partial charge in [-0.15, -0.1) is 0 Å². The number of hydrogen-bond acceptors (Lipinski definition) is 7. The van der Waals surface area contributed by atoms with E-state index in [2.05, 4.69) is 5.32 Å². The average Bonchev–Trinajstić information content (AvgIpc) is 2.73. The molecule has 0 aliphatic rings. The van der Waals surface area contributed by atoms with Crippen molar-refractivity contribution in [3.05, 3.63) is 64.2 Å². The molecule has 0 saturated carbocycles. The molecule has 2 rings (SSSR count). The van der Waals surface area contributed by atoms with E-state index in [1.807, 2.05) is 13.0 Å². The summed E-state index contributed by atoms with van der Waals surface area (Å²) < 4.78 is 15.7. The average molecular weight is 414 g/mol. The van der Waals surface area contributed by atoms with Crippen molar-refractivity contribution in [1.29, 1.82) is 0 Å². The lowest BCUT2D eigenvalue weighted by molar-refractivity contribution is -0.384. The van der Waals surface area contributed by atoms with E-state index >= 15 is 0 Å². The number of nitro groups is 1. The molecule has 0 saturated heterocycles. The van der Waals surface area contributed by atoms with Crippen molar-refractivity contribution in [3.63, 3.8) is 0 Å². The van der Waals surface area contributed by atoms with Gasteiger partial charge in [-0.1, -0.05) is 18.2 Å². The molecule has 0 radical (unpaired) electrons. The number of amides is 1. The number of non-ortho nitro benzene ring substituents is 1. The number of nitro benzene ring substituents is 1. The second-order valence-electron chi connectivity index (χ2n) is 6.01. The molecule has 1 unspecified atom stereocenters. The van der Waals surface area contributed by atoms with E-state index in [1.165, 1.54) is 38.3 Å². The van der Waals surface area contributed by atoms with Crippen LogP contribution in [0.3, 0.4) is 0 Å². The summed E-state index contributed by atoms with van der Waals surface area (Å²) in [5.41, 5.74) is 0.571. The van der Waals surface area contributed by atoms with Gasteiger partial charge in [0, 0.05) is 23.8 Å². The van der Waals surface area contributed by atoms with E-state index in [1.54, 1.807) is 18.2 Å². The standard InChI is InChI=1S/C21H22N2O7/c1-4-29-18-8-6-5-7-15(18)9-12-20(24)30-14(2)21(25)22-17-13-16(23(26)27)10-11-19(17)28-3/h5-14H,4H2,1-3H3,(H,22,25)/b12-9+. The SMILES string of the molecule is CCOc1ccccc1/C=C/C(=O)OC(C)C(=O)Nc1cc([N+](=O)[O-])ccc1OC. The van der Waals surface area contributed by atoms with Crippen molar-refractivity contribution in [2.45, 2.75) is 20.0 Å². The lowest BCUT2D eigenvalue weighted by Gasteiger charge is -2.14. The van der Waals surface area contributed by atoms with Crippen LogP contribution in [0.5, 0.6) is 11.5 Å². The van der Waals surface area contributed by atoms with E-state index in [-0.39, 0.29) is 17.1 Å². The van der Waals surface area contributed by atoms with Gasteiger partial charge >= 0.3 is 5.97 Å². The summed E-state index contributed by atoms with van der Waals surface area (Å²) in [4.78, 5) is 34.8. The number of rotatable bonds is 9. The van der Waals surface area contributed by atoms with Crippen LogP contribution in [-0.2, 0) is 14.3 Å². The molecule has 158 valence electrons. The Morgan fingerprint density at radius 1 is 1.20 bits per heavy atom. The molecule has 0 aliphatic carbocycles. The number of esters is 1. The number of carbonyl (C=O) groups is 2.